The molecule has 0 aromatic heterocycles. The van der Waals surface area contributed by atoms with Gasteiger partial charge in [-0.3, -0.25) is 14.4 Å². The molecular formula is C26H39NO7S. The summed E-state index contributed by atoms with van der Waals surface area (Å²) >= 11 is 1.37. The van der Waals surface area contributed by atoms with Gasteiger partial charge in [0.1, 0.15) is 17.1 Å². The Labute approximate surface area is 211 Å². The number of carbonyl (C=O) groups is 3. The van der Waals surface area contributed by atoms with Gasteiger partial charge in [0, 0.05) is 12.3 Å². The minimum Gasteiger partial charge on any atom is -0.458 e. The number of nitrogens with zero attached hydrogens (tertiary/aromatic N) is 1. The molecular weight excluding hydrogens is 470 g/mol. The maximum Gasteiger partial charge on any atom is 0.309 e. The molecule has 0 saturated carbocycles. The van der Waals surface area contributed by atoms with E-state index in [9.17, 15) is 24.6 Å². The number of aliphatic hydroxyl groups excluding tert-OH is 2. The fourth-order valence-corrected chi connectivity index (χ4v) is 5.89. The number of thioether (sulfide) groups is 1. The largest absolute Gasteiger partial charge is 0.458 e. The van der Waals surface area contributed by atoms with Crippen molar-refractivity contribution in [3.05, 3.63) is 11.6 Å². The van der Waals surface area contributed by atoms with Crippen LogP contribution in [0.5, 0.6) is 0 Å². The third-order valence-electron chi connectivity index (χ3n) is 7.62. The molecule has 3 heterocycles. The Morgan fingerprint density at radius 1 is 1.14 bits per heavy atom. The number of Topliss-reactive ketones (excluding diaryl/α,β-unsaturated/α-hetero) is 1. The van der Waals surface area contributed by atoms with E-state index in [1.165, 1.54) is 11.8 Å². The van der Waals surface area contributed by atoms with E-state index >= 15 is 0 Å². The van der Waals surface area contributed by atoms with Gasteiger partial charge >= 0.3 is 5.97 Å². The van der Waals surface area contributed by atoms with Crippen molar-refractivity contribution in [2.45, 2.75) is 109 Å². The SMILES string of the molecule is CC1=NC(=O)C(/C=C(\C)[C@@H]2C[C@H]3O[C@H]3CCC[C@H](C)[C@H](O)[C@@H](C)C(=O)C(C)(C)[C@@H](O)CC(=O)O2)S1. The molecule has 1 amide bonds. The first-order valence-electron chi connectivity index (χ1n) is 12.5. The molecule has 2 N–H and O–H groups in total. The zero-order valence-electron chi connectivity index (χ0n) is 21.5. The number of cyclic esters (lactones) is 1. The van der Waals surface area contributed by atoms with Crippen molar-refractivity contribution in [1.29, 1.82) is 0 Å². The van der Waals surface area contributed by atoms with Crippen molar-refractivity contribution in [3.63, 3.8) is 0 Å². The van der Waals surface area contributed by atoms with Crippen LogP contribution < -0.4 is 0 Å². The van der Waals surface area contributed by atoms with Crippen molar-refractivity contribution in [3.8, 4) is 0 Å². The minimum atomic E-state index is -1.27. The summed E-state index contributed by atoms with van der Waals surface area (Å²) in [4.78, 5) is 42.1. The second-order valence-electron chi connectivity index (χ2n) is 10.8. The molecule has 2 saturated heterocycles. The number of ketones is 1. The van der Waals surface area contributed by atoms with Crippen molar-refractivity contribution < 1.29 is 34.1 Å². The zero-order chi connectivity index (χ0) is 26.1. The summed E-state index contributed by atoms with van der Waals surface area (Å²) in [6.45, 7) is 10.4. The Hall–Kier alpha value is -1.55. The molecule has 196 valence electrons. The van der Waals surface area contributed by atoms with Crippen LogP contribution in [-0.2, 0) is 23.9 Å². The predicted molar refractivity (Wildman–Crippen MR) is 134 cm³/mol. The van der Waals surface area contributed by atoms with Gasteiger partial charge in [-0.15, -0.1) is 0 Å². The fourth-order valence-electron chi connectivity index (χ4n) is 4.94. The van der Waals surface area contributed by atoms with Gasteiger partial charge in [-0.25, -0.2) is 4.99 Å². The van der Waals surface area contributed by atoms with Gasteiger partial charge in [0.2, 0.25) is 0 Å². The van der Waals surface area contributed by atoms with E-state index in [-0.39, 0.29) is 36.2 Å². The summed E-state index contributed by atoms with van der Waals surface area (Å²) in [5, 5.41) is 21.8. The molecule has 0 bridgehead atoms. The number of hydrogen-bond acceptors (Lipinski definition) is 8. The van der Waals surface area contributed by atoms with Crippen LogP contribution in [0.2, 0.25) is 0 Å². The molecule has 3 aliphatic heterocycles. The number of fused-ring (bicyclic) bond motifs is 1. The van der Waals surface area contributed by atoms with Crippen LogP contribution >= 0.6 is 11.8 Å². The summed E-state index contributed by atoms with van der Waals surface area (Å²) in [5.74, 6) is -1.89. The number of ether oxygens (including phenoxy) is 2. The van der Waals surface area contributed by atoms with E-state index in [4.69, 9.17) is 9.47 Å². The third kappa shape index (κ3) is 6.81. The molecule has 3 aliphatic rings. The van der Waals surface area contributed by atoms with Crippen LogP contribution in [0.4, 0.5) is 0 Å². The standard InChI is InChI=1S/C26H39NO7S/c1-13-8-7-9-17-19(33-17)11-18(14(2)10-20-25(32)27-16(4)35-20)34-22(29)12-21(28)26(5,6)24(31)15(3)23(13)30/h10,13,15,17-21,23,28,30H,7-9,11-12H2,1-6H3/b14-10+/t13-,15+,17-,18-,19+,20?,21-,23-/m0/s1. The van der Waals surface area contributed by atoms with E-state index in [1.807, 2.05) is 13.8 Å². The van der Waals surface area contributed by atoms with E-state index in [2.05, 4.69) is 4.99 Å². The van der Waals surface area contributed by atoms with Crippen LogP contribution in [0, 0.1) is 17.3 Å². The monoisotopic (exact) mass is 509 g/mol. The van der Waals surface area contributed by atoms with Crippen molar-refractivity contribution in [1.82, 2.24) is 0 Å². The Kier molecular flexibility index (Phi) is 9.00. The van der Waals surface area contributed by atoms with Gasteiger partial charge in [0.25, 0.3) is 5.91 Å². The highest BCUT2D eigenvalue weighted by atomic mass is 32.2. The average Bonchev–Trinajstić information content (AvgIpc) is 3.44. The molecule has 1 unspecified atom stereocenters. The highest BCUT2D eigenvalue weighted by Gasteiger charge is 2.44. The quantitative estimate of drug-likeness (QED) is 0.330. The maximum absolute atomic E-state index is 13.2. The minimum absolute atomic E-state index is 0.0536. The van der Waals surface area contributed by atoms with Crippen LogP contribution in [0.1, 0.15) is 73.6 Å². The molecule has 2 fully saturated rings. The molecule has 8 atom stereocenters. The Bertz CT molecular complexity index is 898. The van der Waals surface area contributed by atoms with E-state index in [1.54, 1.807) is 33.8 Å². The number of aliphatic hydroxyl groups is 2. The number of epoxide rings is 1. The molecule has 0 radical (unpaired) electrons. The maximum atomic E-state index is 13.2. The first kappa shape index (κ1) is 28.0. The van der Waals surface area contributed by atoms with Crippen molar-refractivity contribution >= 4 is 34.5 Å². The first-order chi connectivity index (χ1) is 16.3. The van der Waals surface area contributed by atoms with Gasteiger partial charge in [0.15, 0.2) is 0 Å². The summed E-state index contributed by atoms with van der Waals surface area (Å²) in [5.41, 5.74) is -0.497. The number of esters is 1. The van der Waals surface area contributed by atoms with Crippen molar-refractivity contribution in [2.75, 3.05) is 0 Å². The second kappa shape index (κ2) is 11.2. The van der Waals surface area contributed by atoms with E-state index in [0.29, 0.717) is 11.5 Å². The van der Waals surface area contributed by atoms with Crippen LogP contribution in [0.25, 0.3) is 0 Å². The van der Waals surface area contributed by atoms with E-state index < -0.39 is 40.9 Å². The summed E-state index contributed by atoms with van der Waals surface area (Å²) in [6, 6.07) is 0. The molecule has 0 aromatic carbocycles. The van der Waals surface area contributed by atoms with Crippen LogP contribution in [-0.4, -0.2) is 68.7 Å². The topological polar surface area (TPSA) is 126 Å². The molecule has 0 aliphatic carbocycles. The fraction of sp³-hybridized carbons (Fsp3) is 0.769. The van der Waals surface area contributed by atoms with Gasteiger partial charge in [-0.05, 0) is 38.2 Å². The molecule has 0 spiro atoms. The Balaban J connectivity index is 1.80. The molecule has 35 heavy (non-hydrogen) atoms. The highest BCUT2D eigenvalue weighted by Crippen LogP contribution is 2.36. The van der Waals surface area contributed by atoms with Gasteiger partial charge < -0.3 is 19.7 Å². The predicted octanol–water partition coefficient (Wildman–Crippen LogP) is 3.23. The van der Waals surface area contributed by atoms with Crippen molar-refractivity contribution in [2.24, 2.45) is 22.2 Å². The number of carbonyl (C=O) groups excluding carboxylic acids is 3. The number of aliphatic imine (C=N–C) groups is 1. The first-order valence-corrected chi connectivity index (χ1v) is 13.4. The number of hydrogen-bond donors (Lipinski definition) is 2. The smallest absolute Gasteiger partial charge is 0.309 e. The lowest BCUT2D eigenvalue weighted by Crippen LogP contribution is -2.45. The van der Waals surface area contributed by atoms with Crippen LogP contribution in [0.3, 0.4) is 0 Å². The molecule has 3 rings (SSSR count). The number of amides is 1. The second-order valence-corrected chi connectivity index (χ2v) is 12.2. The molecule has 8 nitrogen and oxygen atoms in total. The normalized spacial score (nSPS) is 39.6. The van der Waals surface area contributed by atoms with Gasteiger partial charge in [-0.1, -0.05) is 52.0 Å². The van der Waals surface area contributed by atoms with Gasteiger partial charge in [0.05, 0.1) is 41.3 Å². The number of rotatable bonds is 2. The lowest BCUT2D eigenvalue weighted by atomic mass is 9.73. The van der Waals surface area contributed by atoms with E-state index in [0.717, 1.165) is 24.8 Å². The summed E-state index contributed by atoms with van der Waals surface area (Å²) in [6.07, 6.45) is 1.61. The molecule has 9 heteroatoms. The van der Waals surface area contributed by atoms with Crippen LogP contribution in [0.15, 0.2) is 16.6 Å². The Morgan fingerprint density at radius 3 is 2.46 bits per heavy atom. The lowest BCUT2D eigenvalue weighted by molar-refractivity contribution is -0.154. The van der Waals surface area contributed by atoms with Gasteiger partial charge in [-0.2, -0.15) is 0 Å². The summed E-state index contributed by atoms with van der Waals surface area (Å²) in [7, 11) is 0. The third-order valence-corrected chi connectivity index (χ3v) is 8.65. The highest BCUT2D eigenvalue weighted by molar-refractivity contribution is 8.15. The average molecular weight is 510 g/mol. The zero-order valence-corrected chi connectivity index (χ0v) is 22.3. The lowest BCUT2D eigenvalue weighted by Gasteiger charge is -2.34. The molecule has 0 aromatic rings. The summed E-state index contributed by atoms with van der Waals surface area (Å²) < 4.78 is 11.6. The Morgan fingerprint density at radius 2 is 1.83 bits per heavy atom.